The van der Waals surface area contributed by atoms with E-state index in [0.717, 1.165) is 0 Å². The van der Waals surface area contributed by atoms with Gasteiger partial charge in [0.2, 0.25) is 0 Å². The van der Waals surface area contributed by atoms with Crippen LogP contribution >= 0.6 is 7.14 Å². The number of rotatable bonds is 6. The lowest BCUT2D eigenvalue weighted by Gasteiger charge is -2.17. The molecular weight excluding hydrogens is 417 g/mol. The van der Waals surface area contributed by atoms with Crippen molar-refractivity contribution in [3.8, 4) is 0 Å². The van der Waals surface area contributed by atoms with Crippen LogP contribution in [-0.4, -0.2) is 62.2 Å². The molecule has 1 amide bonds. The molecule has 1 aliphatic heterocycles. The Labute approximate surface area is 180 Å². The molecule has 0 bridgehead atoms. The van der Waals surface area contributed by atoms with Crippen molar-refractivity contribution in [3.05, 3.63) is 48.5 Å². The fraction of sp³-hybridized carbons (Fsp3) is 0.429. The number of fused-ring (bicyclic) bond motifs is 1. The highest BCUT2D eigenvalue weighted by atomic mass is 31.2. The molecule has 1 saturated heterocycles. The van der Waals surface area contributed by atoms with E-state index in [0.29, 0.717) is 29.3 Å². The number of aliphatic hydroxyl groups is 1. The number of carbonyl (C=O) groups excluding carboxylic acids is 1. The lowest BCUT2D eigenvalue weighted by atomic mass is 9.99. The largest absolute Gasteiger partial charge is 0.388 e. The van der Waals surface area contributed by atoms with E-state index in [-0.39, 0.29) is 23.7 Å². The third-order valence-corrected chi connectivity index (χ3v) is 6.92. The van der Waals surface area contributed by atoms with Crippen LogP contribution in [0.15, 0.2) is 43.0 Å². The van der Waals surface area contributed by atoms with Gasteiger partial charge in [0.1, 0.15) is 12.4 Å². The van der Waals surface area contributed by atoms with Crippen LogP contribution in [0.4, 0.5) is 5.82 Å². The van der Waals surface area contributed by atoms with Crippen LogP contribution < -0.4 is 5.32 Å². The normalized spacial score (nSPS) is 23.9. The molecule has 164 valence electrons. The summed E-state index contributed by atoms with van der Waals surface area (Å²) in [5.41, 5.74) is 1.36. The first kappa shape index (κ1) is 21.6. The highest BCUT2D eigenvalue weighted by molar-refractivity contribution is 7.62. The molecule has 2 aromatic heterocycles. The topological polar surface area (TPSA) is 119 Å². The average Bonchev–Trinajstić information content (AvgIpc) is 3.29. The van der Waals surface area contributed by atoms with Crippen LogP contribution in [0.25, 0.3) is 11.2 Å². The molecule has 0 radical (unpaired) electrons. The first-order chi connectivity index (χ1) is 14.7. The smallest absolute Gasteiger partial charge is 0.256 e. The Morgan fingerprint density at radius 3 is 2.68 bits per heavy atom. The maximum atomic E-state index is 12.5. The maximum Gasteiger partial charge on any atom is 0.256 e. The van der Waals surface area contributed by atoms with Crippen molar-refractivity contribution in [2.45, 2.75) is 31.8 Å². The molecule has 1 aliphatic rings. The van der Waals surface area contributed by atoms with Crippen molar-refractivity contribution >= 4 is 30.0 Å². The third kappa shape index (κ3) is 4.54. The highest BCUT2D eigenvalue weighted by Gasteiger charge is 2.42. The summed E-state index contributed by atoms with van der Waals surface area (Å²) >= 11 is 0. The number of aromatic nitrogens is 4. The Hall–Kier alpha value is -2.61. The van der Waals surface area contributed by atoms with Gasteiger partial charge in [-0.25, -0.2) is 15.0 Å². The quantitative estimate of drug-likeness (QED) is 0.562. The molecule has 0 aliphatic carbocycles. The summed E-state index contributed by atoms with van der Waals surface area (Å²) in [5, 5.41) is 13.6. The molecule has 9 nitrogen and oxygen atoms in total. The zero-order chi connectivity index (χ0) is 22.2. The summed E-state index contributed by atoms with van der Waals surface area (Å²) < 4.78 is 19.9. The monoisotopic (exact) mass is 443 g/mol. The molecule has 0 unspecified atom stereocenters. The minimum atomic E-state index is -2.17. The van der Waals surface area contributed by atoms with Crippen LogP contribution in [0.5, 0.6) is 0 Å². The van der Waals surface area contributed by atoms with Gasteiger partial charge in [0.25, 0.3) is 5.91 Å². The molecule has 0 spiro atoms. The predicted octanol–water partition coefficient (Wildman–Crippen LogP) is 2.99. The van der Waals surface area contributed by atoms with Gasteiger partial charge in [0, 0.05) is 17.6 Å². The Morgan fingerprint density at radius 1 is 1.23 bits per heavy atom. The van der Waals surface area contributed by atoms with Crippen molar-refractivity contribution in [2.24, 2.45) is 5.92 Å². The van der Waals surface area contributed by atoms with Gasteiger partial charge in [0.05, 0.1) is 19.6 Å². The summed E-state index contributed by atoms with van der Waals surface area (Å²) in [7, 11) is -2.17. The van der Waals surface area contributed by atoms with Crippen LogP contribution in [0, 0.1) is 5.92 Å². The molecule has 1 aromatic carbocycles. The second-order valence-corrected chi connectivity index (χ2v) is 12.0. The number of hydrogen-bond donors (Lipinski definition) is 2. The molecule has 2 N–H and O–H groups in total. The van der Waals surface area contributed by atoms with Crippen molar-refractivity contribution in [1.29, 1.82) is 0 Å². The second kappa shape index (κ2) is 8.49. The number of carbonyl (C=O) groups is 1. The SMILES string of the molecule is C[C@H]1[C@@H](O)[C@H](n2cnc3c(NC(=O)c4ccccc4)ncnc32)O[C@@H]1CCP(C)(C)=O. The first-order valence-electron chi connectivity index (χ1n) is 10.2. The van der Waals surface area contributed by atoms with E-state index < -0.39 is 19.5 Å². The molecule has 10 heteroatoms. The van der Waals surface area contributed by atoms with E-state index in [9.17, 15) is 14.5 Å². The molecule has 31 heavy (non-hydrogen) atoms. The minimum Gasteiger partial charge on any atom is -0.388 e. The number of hydrogen-bond acceptors (Lipinski definition) is 7. The molecule has 4 atom stereocenters. The molecule has 3 aromatic rings. The second-order valence-electron chi connectivity index (χ2n) is 8.37. The number of imidazole rings is 1. The van der Waals surface area contributed by atoms with E-state index in [2.05, 4.69) is 20.3 Å². The van der Waals surface area contributed by atoms with Gasteiger partial charge < -0.3 is 19.7 Å². The third-order valence-electron chi connectivity index (χ3n) is 5.58. The van der Waals surface area contributed by atoms with Gasteiger partial charge >= 0.3 is 0 Å². The first-order valence-corrected chi connectivity index (χ1v) is 12.9. The van der Waals surface area contributed by atoms with E-state index in [1.54, 1.807) is 42.2 Å². The van der Waals surface area contributed by atoms with E-state index in [1.807, 2.05) is 13.0 Å². The Balaban J connectivity index is 1.58. The molecule has 4 rings (SSSR count). The zero-order valence-corrected chi connectivity index (χ0v) is 18.6. The summed E-state index contributed by atoms with van der Waals surface area (Å²) in [6, 6.07) is 8.82. The van der Waals surface area contributed by atoms with Gasteiger partial charge in [-0.15, -0.1) is 0 Å². The van der Waals surface area contributed by atoms with Gasteiger partial charge in [-0.3, -0.25) is 9.36 Å². The van der Waals surface area contributed by atoms with E-state index in [1.165, 1.54) is 12.7 Å². The highest BCUT2D eigenvalue weighted by Crippen LogP contribution is 2.42. The van der Waals surface area contributed by atoms with Crippen LogP contribution in [0.2, 0.25) is 0 Å². The van der Waals surface area contributed by atoms with Crippen molar-refractivity contribution in [3.63, 3.8) is 0 Å². The summed E-state index contributed by atoms with van der Waals surface area (Å²) in [5.74, 6) is -0.148. The predicted molar refractivity (Wildman–Crippen MR) is 118 cm³/mol. The number of nitrogens with one attached hydrogen (secondary N) is 1. The van der Waals surface area contributed by atoms with Crippen LogP contribution in [0.3, 0.4) is 0 Å². The minimum absolute atomic E-state index is 0.131. The van der Waals surface area contributed by atoms with Crippen molar-refractivity contribution in [2.75, 3.05) is 24.8 Å². The van der Waals surface area contributed by atoms with Crippen molar-refractivity contribution < 1.29 is 19.2 Å². The van der Waals surface area contributed by atoms with Crippen molar-refractivity contribution in [1.82, 2.24) is 19.5 Å². The van der Waals surface area contributed by atoms with Crippen LogP contribution in [0.1, 0.15) is 29.9 Å². The number of ether oxygens (including phenoxy) is 1. The number of amides is 1. The van der Waals surface area contributed by atoms with Crippen LogP contribution in [-0.2, 0) is 9.30 Å². The average molecular weight is 443 g/mol. The Bertz CT molecular complexity index is 1130. The maximum absolute atomic E-state index is 12.5. The molecular formula is C21H26N5O4P. The van der Waals surface area contributed by atoms with Gasteiger partial charge in [-0.2, -0.15) is 0 Å². The summed E-state index contributed by atoms with van der Waals surface area (Å²) in [4.78, 5) is 25.3. The van der Waals surface area contributed by atoms with Gasteiger partial charge in [0.15, 0.2) is 23.2 Å². The fourth-order valence-corrected chi connectivity index (χ4v) is 4.64. The molecule has 1 fully saturated rings. The van der Waals surface area contributed by atoms with Gasteiger partial charge in [-0.05, 0) is 31.9 Å². The van der Waals surface area contributed by atoms with E-state index in [4.69, 9.17) is 4.74 Å². The Morgan fingerprint density at radius 2 is 1.97 bits per heavy atom. The number of benzene rings is 1. The summed E-state index contributed by atoms with van der Waals surface area (Å²) in [6.45, 7) is 5.43. The summed E-state index contributed by atoms with van der Waals surface area (Å²) in [6.07, 6.45) is 2.38. The standard InChI is InChI=1S/C21H26N5O4P/c1-13-15(9-10-31(2,3)29)30-21(17(13)27)26-12-24-16-18(22-11-23-19(16)26)25-20(28)14-7-5-4-6-8-14/h4-8,11-13,15,17,21,27H,9-10H2,1-3H3,(H,22,23,25,28)/t13-,15-,17-,21-/m1/s1. The number of aliphatic hydroxyl groups excluding tert-OH is 1. The lowest BCUT2D eigenvalue weighted by Crippen LogP contribution is -2.24. The number of anilines is 1. The van der Waals surface area contributed by atoms with Gasteiger partial charge in [-0.1, -0.05) is 25.1 Å². The fourth-order valence-electron chi connectivity index (χ4n) is 3.76. The molecule has 3 heterocycles. The lowest BCUT2D eigenvalue weighted by molar-refractivity contribution is -0.0353. The number of nitrogens with zero attached hydrogens (tertiary/aromatic N) is 4. The molecule has 0 saturated carbocycles. The van der Waals surface area contributed by atoms with E-state index >= 15 is 0 Å². The Kier molecular flexibility index (Phi) is 5.92. The zero-order valence-electron chi connectivity index (χ0n) is 17.7.